The normalized spacial score (nSPS) is 20.9. The molecule has 2 aliphatic rings. The van der Waals surface area contributed by atoms with E-state index in [0.29, 0.717) is 18.9 Å². The van der Waals surface area contributed by atoms with E-state index in [-0.39, 0.29) is 23.7 Å². The second-order valence-electron chi connectivity index (χ2n) is 8.13. The Kier molecular flexibility index (Phi) is 4.94. The third kappa shape index (κ3) is 3.34. The first-order valence-electron chi connectivity index (χ1n) is 10.7. The van der Waals surface area contributed by atoms with Crippen molar-refractivity contribution in [2.75, 3.05) is 11.4 Å². The maximum atomic E-state index is 13.4. The summed E-state index contributed by atoms with van der Waals surface area (Å²) in [6, 6.07) is 13.8. The first-order valence-corrected chi connectivity index (χ1v) is 10.7. The molecule has 2 atom stereocenters. The molecule has 3 aromatic rings. The zero-order chi connectivity index (χ0) is 20.5. The number of nitrogens with one attached hydrogen (secondary N) is 1. The standard InChI is InChI=1S/C23H25N5O2/c29-22(24-15-21-26-25-20-11-5-6-13-28(20)21)17-8-2-3-9-18(17)23(30)27-14-12-16-7-1-4-10-19(16)27/h1,4-7,10-11,13,17-18H,2-3,8-9,12,14-15H2,(H,24,29)/t17-,18-/m1/s1. The van der Waals surface area contributed by atoms with E-state index in [4.69, 9.17) is 0 Å². The highest BCUT2D eigenvalue weighted by molar-refractivity contribution is 5.99. The summed E-state index contributed by atoms with van der Waals surface area (Å²) < 4.78 is 1.87. The van der Waals surface area contributed by atoms with Gasteiger partial charge in [-0.1, -0.05) is 37.1 Å². The molecule has 30 heavy (non-hydrogen) atoms. The van der Waals surface area contributed by atoms with Crippen LogP contribution in [0.5, 0.6) is 0 Å². The second-order valence-corrected chi connectivity index (χ2v) is 8.13. The maximum Gasteiger partial charge on any atom is 0.230 e. The summed E-state index contributed by atoms with van der Waals surface area (Å²) in [7, 11) is 0. The van der Waals surface area contributed by atoms with Gasteiger partial charge in [-0.3, -0.25) is 14.0 Å². The Bertz CT molecular complexity index is 1090. The average molecular weight is 403 g/mol. The molecule has 1 N–H and O–H groups in total. The number of anilines is 1. The lowest BCUT2D eigenvalue weighted by Gasteiger charge is -2.32. The lowest BCUT2D eigenvalue weighted by molar-refractivity contribution is -0.135. The minimum Gasteiger partial charge on any atom is -0.349 e. The summed E-state index contributed by atoms with van der Waals surface area (Å²) in [6.45, 7) is 1.00. The van der Waals surface area contributed by atoms with E-state index in [1.54, 1.807) is 0 Å². The number of aromatic nitrogens is 3. The highest BCUT2D eigenvalue weighted by Crippen LogP contribution is 2.35. The summed E-state index contributed by atoms with van der Waals surface area (Å²) in [5.74, 6) is 0.158. The van der Waals surface area contributed by atoms with Crippen LogP contribution in [-0.2, 0) is 22.6 Å². The van der Waals surface area contributed by atoms with Crippen molar-refractivity contribution in [1.29, 1.82) is 0 Å². The van der Waals surface area contributed by atoms with Gasteiger partial charge in [-0.2, -0.15) is 0 Å². The van der Waals surface area contributed by atoms with E-state index in [0.717, 1.165) is 43.4 Å². The van der Waals surface area contributed by atoms with Gasteiger partial charge in [-0.25, -0.2) is 0 Å². The lowest BCUT2D eigenvalue weighted by atomic mass is 9.77. The molecule has 3 heterocycles. The molecule has 1 aliphatic heterocycles. The molecule has 1 aliphatic carbocycles. The number of nitrogens with zero attached hydrogens (tertiary/aromatic N) is 4. The SMILES string of the molecule is O=C(NCc1nnc2ccccn12)[C@@H]1CCCC[C@H]1C(=O)N1CCc2ccccc21. The van der Waals surface area contributed by atoms with Gasteiger partial charge in [0.2, 0.25) is 11.8 Å². The summed E-state index contributed by atoms with van der Waals surface area (Å²) in [6.07, 6.45) is 6.25. The van der Waals surface area contributed by atoms with Crippen molar-refractivity contribution in [3.05, 3.63) is 60.0 Å². The summed E-state index contributed by atoms with van der Waals surface area (Å²) in [5.41, 5.74) is 2.96. The van der Waals surface area contributed by atoms with Crippen LogP contribution in [-0.4, -0.2) is 33.0 Å². The van der Waals surface area contributed by atoms with Crippen molar-refractivity contribution in [3.63, 3.8) is 0 Å². The number of pyridine rings is 1. The molecule has 2 amide bonds. The third-order valence-corrected chi connectivity index (χ3v) is 6.38. The first-order chi connectivity index (χ1) is 14.7. The largest absolute Gasteiger partial charge is 0.349 e. The van der Waals surface area contributed by atoms with E-state index >= 15 is 0 Å². The van der Waals surface area contributed by atoms with Gasteiger partial charge in [-0.05, 0) is 43.0 Å². The van der Waals surface area contributed by atoms with E-state index in [2.05, 4.69) is 21.6 Å². The number of carbonyl (C=O) groups is 2. The molecule has 154 valence electrons. The quantitative estimate of drug-likeness (QED) is 0.726. The molecule has 1 fully saturated rings. The van der Waals surface area contributed by atoms with Crippen LogP contribution in [0.25, 0.3) is 5.65 Å². The van der Waals surface area contributed by atoms with Crippen LogP contribution < -0.4 is 10.2 Å². The number of hydrogen-bond donors (Lipinski definition) is 1. The molecule has 0 unspecified atom stereocenters. The minimum atomic E-state index is -0.293. The minimum absolute atomic E-state index is 0.0618. The van der Waals surface area contributed by atoms with E-state index in [1.165, 1.54) is 5.56 Å². The van der Waals surface area contributed by atoms with Gasteiger partial charge in [0.1, 0.15) is 0 Å². The second kappa shape index (κ2) is 7.89. The van der Waals surface area contributed by atoms with Crippen molar-refractivity contribution in [2.24, 2.45) is 11.8 Å². The number of carbonyl (C=O) groups excluding carboxylic acids is 2. The number of para-hydroxylation sites is 1. The fourth-order valence-corrected chi connectivity index (χ4v) is 4.82. The van der Waals surface area contributed by atoms with Gasteiger partial charge >= 0.3 is 0 Å². The van der Waals surface area contributed by atoms with Crippen LogP contribution in [0.4, 0.5) is 5.69 Å². The first kappa shape index (κ1) is 18.8. The maximum absolute atomic E-state index is 13.4. The van der Waals surface area contributed by atoms with E-state index in [9.17, 15) is 9.59 Å². The van der Waals surface area contributed by atoms with Crippen molar-refractivity contribution < 1.29 is 9.59 Å². The number of rotatable bonds is 4. The Balaban J connectivity index is 1.30. The molecule has 0 bridgehead atoms. The van der Waals surface area contributed by atoms with E-state index < -0.39 is 0 Å². The van der Waals surface area contributed by atoms with Crippen molar-refractivity contribution in [2.45, 2.75) is 38.6 Å². The lowest BCUT2D eigenvalue weighted by Crippen LogP contribution is -2.45. The zero-order valence-electron chi connectivity index (χ0n) is 16.8. The Morgan fingerprint density at radius 1 is 1.00 bits per heavy atom. The average Bonchev–Trinajstić information content (AvgIpc) is 3.41. The van der Waals surface area contributed by atoms with Crippen LogP contribution in [0.15, 0.2) is 48.7 Å². The fourth-order valence-electron chi connectivity index (χ4n) is 4.82. The van der Waals surface area contributed by atoms with Gasteiger partial charge in [0.15, 0.2) is 11.5 Å². The number of amides is 2. The topological polar surface area (TPSA) is 79.6 Å². The van der Waals surface area contributed by atoms with Gasteiger partial charge < -0.3 is 10.2 Å². The van der Waals surface area contributed by atoms with Crippen molar-refractivity contribution in [1.82, 2.24) is 19.9 Å². The monoisotopic (exact) mass is 403 g/mol. The summed E-state index contributed by atoms with van der Waals surface area (Å²) in [4.78, 5) is 28.4. The van der Waals surface area contributed by atoms with Crippen molar-refractivity contribution in [3.8, 4) is 0 Å². The molecular weight excluding hydrogens is 378 g/mol. The fraction of sp³-hybridized carbons (Fsp3) is 0.391. The number of hydrogen-bond acceptors (Lipinski definition) is 4. The Hall–Kier alpha value is -3.22. The molecule has 7 nitrogen and oxygen atoms in total. The number of benzene rings is 1. The van der Waals surface area contributed by atoms with Gasteiger partial charge in [0.05, 0.1) is 12.5 Å². The molecule has 0 saturated heterocycles. The summed E-state index contributed by atoms with van der Waals surface area (Å²) >= 11 is 0. The van der Waals surface area contributed by atoms with Crippen LogP contribution in [0.3, 0.4) is 0 Å². The molecule has 2 aromatic heterocycles. The van der Waals surface area contributed by atoms with Crippen LogP contribution in [0.1, 0.15) is 37.1 Å². The van der Waals surface area contributed by atoms with Gasteiger partial charge in [0, 0.05) is 24.3 Å². The number of fused-ring (bicyclic) bond motifs is 2. The Labute approximate surface area is 175 Å². The van der Waals surface area contributed by atoms with Gasteiger partial charge in [0.25, 0.3) is 0 Å². The molecule has 1 saturated carbocycles. The summed E-state index contributed by atoms with van der Waals surface area (Å²) in [5, 5.41) is 11.3. The highest BCUT2D eigenvalue weighted by atomic mass is 16.2. The van der Waals surface area contributed by atoms with Crippen LogP contribution in [0, 0.1) is 11.8 Å². The predicted molar refractivity (Wildman–Crippen MR) is 113 cm³/mol. The highest BCUT2D eigenvalue weighted by Gasteiger charge is 2.39. The molecule has 1 aromatic carbocycles. The molecule has 7 heteroatoms. The van der Waals surface area contributed by atoms with Crippen LogP contribution >= 0.6 is 0 Å². The van der Waals surface area contributed by atoms with Gasteiger partial charge in [-0.15, -0.1) is 10.2 Å². The molecular formula is C23H25N5O2. The molecule has 0 radical (unpaired) electrons. The molecule has 0 spiro atoms. The van der Waals surface area contributed by atoms with Crippen LogP contribution in [0.2, 0.25) is 0 Å². The zero-order valence-corrected chi connectivity index (χ0v) is 16.8. The Morgan fingerprint density at radius 2 is 1.80 bits per heavy atom. The smallest absolute Gasteiger partial charge is 0.230 e. The van der Waals surface area contributed by atoms with Crippen molar-refractivity contribution >= 4 is 23.1 Å². The van der Waals surface area contributed by atoms with E-state index in [1.807, 2.05) is 51.9 Å². The Morgan fingerprint density at radius 3 is 2.70 bits per heavy atom. The molecule has 5 rings (SSSR count). The predicted octanol–water partition coefficient (Wildman–Crippen LogP) is 2.74. The third-order valence-electron chi connectivity index (χ3n) is 6.38.